The average molecular weight is 431 g/mol. The zero-order chi connectivity index (χ0) is 21.8. The minimum atomic E-state index is -0.671. The van der Waals surface area contributed by atoms with Crippen molar-refractivity contribution in [3.05, 3.63) is 52.5 Å². The maximum atomic E-state index is 12.4. The van der Waals surface area contributed by atoms with E-state index in [2.05, 4.69) is 5.32 Å². The number of rotatable bonds is 6. The molecule has 7 nitrogen and oxygen atoms in total. The first-order valence-corrected chi connectivity index (χ1v) is 9.84. The van der Waals surface area contributed by atoms with Gasteiger partial charge >= 0.3 is 5.97 Å². The summed E-state index contributed by atoms with van der Waals surface area (Å²) in [4.78, 5) is 38.4. The fourth-order valence-electron chi connectivity index (χ4n) is 3.24. The number of nitrogens with zero attached hydrogens (tertiary/aromatic N) is 1. The molecule has 158 valence electrons. The summed E-state index contributed by atoms with van der Waals surface area (Å²) in [6.45, 7) is 3.64. The third-order valence-electron chi connectivity index (χ3n) is 5.03. The number of hydrogen-bond donors (Lipinski definition) is 1. The Labute approximate surface area is 179 Å². The van der Waals surface area contributed by atoms with E-state index in [4.69, 9.17) is 21.1 Å². The summed E-state index contributed by atoms with van der Waals surface area (Å²) in [7, 11) is 1.49. The molecule has 8 heteroatoms. The Kier molecular flexibility index (Phi) is 6.62. The first-order valence-electron chi connectivity index (χ1n) is 9.46. The van der Waals surface area contributed by atoms with Crippen molar-refractivity contribution < 1.29 is 23.9 Å². The van der Waals surface area contributed by atoms with Crippen molar-refractivity contribution in [3.63, 3.8) is 0 Å². The molecule has 0 spiro atoms. The summed E-state index contributed by atoms with van der Waals surface area (Å²) >= 11 is 6.04. The van der Waals surface area contributed by atoms with Crippen LogP contribution in [-0.4, -0.2) is 38.0 Å². The molecular weight excluding hydrogens is 408 g/mol. The van der Waals surface area contributed by atoms with Gasteiger partial charge in [0.25, 0.3) is 5.91 Å². The number of carbonyl (C=O) groups is 3. The number of anilines is 2. The lowest BCUT2D eigenvalue weighted by Crippen LogP contribution is -2.28. The van der Waals surface area contributed by atoms with Crippen molar-refractivity contribution in [2.24, 2.45) is 5.92 Å². The zero-order valence-corrected chi connectivity index (χ0v) is 17.8. The fraction of sp³-hybridized carbons (Fsp3) is 0.318. The van der Waals surface area contributed by atoms with Crippen LogP contribution in [0.3, 0.4) is 0 Å². The van der Waals surface area contributed by atoms with Crippen LogP contribution in [0.2, 0.25) is 5.02 Å². The van der Waals surface area contributed by atoms with Gasteiger partial charge in [-0.25, -0.2) is 0 Å². The normalized spacial score (nSPS) is 15.8. The van der Waals surface area contributed by atoms with Gasteiger partial charge in [0.15, 0.2) is 6.61 Å². The second-order valence-corrected chi connectivity index (χ2v) is 7.61. The molecule has 0 radical (unpaired) electrons. The maximum absolute atomic E-state index is 12.4. The molecule has 2 aromatic carbocycles. The molecule has 2 aromatic rings. The van der Waals surface area contributed by atoms with Gasteiger partial charge in [0, 0.05) is 23.7 Å². The number of methoxy groups -OCH3 is 1. The molecule has 0 aliphatic carbocycles. The molecular formula is C22H23ClN2O5. The van der Waals surface area contributed by atoms with E-state index >= 15 is 0 Å². The molecule has 2 amide bonds. The summed E-state index contributed by atoms with van der Waals surface area (Å²) in [5, 5.41) is 3.15. The molecule has 1 aliphatic heterocycles. The Bertz CT molecular complexity index is 991. The van der Waals surface area contributed by atoms with Crippen molar-refractivity contribution in [2.75, 3.05) is 30.5 Å². The maximum Gasteiger partial charge on any atom is 0.311 e. The molecule has 0 bridgehead atoms. The van der Waals surface area contributed by atoms with Crippen LogP contribution in [0.4, 0.5) is 11.4 Å². The predicted molar refractivity (Wildman–Crippen MR) is 114 cm³/mol. The van der Waals surface area contributed by atoms with Gasteiger partial charge in [0.05, 0.1) is 18.7 Å². The van der Waals surface area contributed by atoms with Gasteiger partial charge in [0.1, 0.15) is 5.75 Å². The number of esters is 1. The van der Waals surface area contributed by atoms with Crippen LogP contribution < -0.4 is 15.0 Å². The molecule has 1 fully saturated rings. The highest BCUT2D eigenvalue weighted by Gasteiger charge is 2.37. The minimum Gasteiger partial charge on any atom is -0.495 e. The number of nitrogens with one attached hydrogen (secondary N) is 1. The second-order valence-electron chi connectivity index (χ2n) is 7.18. The highest BCUT2D eigenvalue weighted by molar-refractivity contribution is 6.31. The lowest BCUT2D eigenvalue weighted by molar-refractivity contribution is -0.151. The van der Waals surface area contributed by atoms with Crippen LogP contribution in [0.5, 0.6) is 5.75 Å². The summed E-state index contributed by atoms with van der Waals surface area (Å²) in [5.41, 5.74) is 3.30. The van der Waals surface area contributed by atoms with E-state index in [1.165, 1.54) is 12.0 Å². The standard InChI is InChI=1S/C22H23ClN2O5/c1-13-4-6-17(8-14(13)2)24-20(26)12-30-22(28)15-9-21(27)25(11-15)18-10-16(23)5-7-19(18)29-3/h4-8,10,15H,9,11-12H2,1-3H3,(H,24,26)/t15-/m1/s1. The Balaban J connectivity index is 1.57. The van der Waals surface area contributed by atoms with E-state index in [0.717, 1.165) is 11.1 Å². The van der Waals surface area contributed by atoms with Gasteiger partial charge in [-0.2, -0.15) is 0 Å². The molecule has 1 heterocycles. The van der Waals surface area contributed by atoms with E-state index in [9.17, 15) is 14.4 Å². The van der Waals surface area contributed by atoms with Crippen LogP contribution in [0.15, 0.2) is 36.4 Å². The molecule has 3 rings (SSSR count). The van der Waals surface area contributed by atoms with Crippen molar-refractivity contribution in [3.8, 4) is 5.75 Å². The van der Waals surface area contributed by atoms with Crippen LogP contribution in [0.1, 0.15) is 17.5 Å². The lowest BCUT2D eigenvalue weighted by Gasteiger charge is -2.19. The number of ether oxygens (including phenoxy) is 2. The highest BCUT2D eigenvalue weighted by Crippen LogP contribution is 2.35. The third kappa shape index (κ3) is 4.91. The van der Waals surface area contributed by atoms with Crippen LogP contribution >= 0.6 is 11.6 Å². The zero-order valence-electron chi connectivity index (χ0n) is 17.0. The number of benzene rings is 2. The van der Waals surface area contributed by atoms with Gasteiger partial charge in [-0.1, -0.05) is 17.7 Å². The quantitative estimate of drug-likeness (QED) is 0.709. The Morgan fingerprint density at radius 1 is 1.17 bits per heavy atom. The number of halogens is 1. The first-order chi connectivity index (χ1) is 14.3. The van der Waals surface area contributed by atoms with Crippen molar-refractivity contribution >= 4 is 40.8 Å². The highest BCUT2D eigenvalue weighted by atomic mass is 35.5. The molecule has 1 N–H and O–H groups in total. The molecule has 1 atom stereocenters. The largest absolute Gasteiger partial charge is 0.495 e. The topological polar surface area (TPSA) is 84.9 Å². The molecule has 0 saturated carbocycles. The van der Waals surface area contributed by atoms with Gasteiger partial charge < -0.3 is 19.7 Å². The molecule has 30 heavy (non-hydrogen) atoms. The summed E-state index contributed by atoms with van der Waals surface area (Å²) in [6, 6.07) is 10.5. The fourth-order valence-corrected chi connectivity index (χ4v) is 3.41. The minimum absolute atomic E-state index is 0.00667. The van der Waals surface area contributed by atoms with E-state index in [0.29, 0.717) is 22.1 Å². The monoisotopic (exact) mass is 430 g/mol. The summed E-state index contributed by atoms with van der Waals surface area (Å²) in [5.74, 6) is -1.46. The van der Waals surface area contributed by atoms with E-state index in [1.54, 1.807) is 24.3 Å². The smallest absolute Gasteiger partial charge is 0.311 e. The predicted octanol–water partition coefficient (Wildman–Crippen LogP) is 3.50. The van der Waals surface area contributed by atoms with Crippen molar-refractivity contribution in [2.45, 2.75) is 20.3 Å². The van der Waals surface area contributed by atoms with Crippen LogP contribution in [-0.2, 0) is 19.1 Å². The van der Waals surface area contributed by atoms with E-state index < -0.39 is 24.4 Å². The number of hydrogen-bond acceptors (Lipinski definition) is 5. The van der Waals surface area contributed by atoms with Gasteiger partial charge in [-0.15, -0.1) is 0 Å². The van der Waals surface area contributed by atoms with Gasteiger partial charge in [0.2, 0.25) is 5.91 Å². The Hall–Kier alpha value is -3.06. The summed E-state index contributed by atoms with van der Waals surface area (Å²) in [6.07, 6.45) is -0.00667. The van der Waals surface area contributed by atoms with Crippen LogP contribution in [0, 0.1) is 19.8 Å². The first kappa shape index (κ1) is 21.6. The average Bonchev–Trinajstić information content (AvgIpc) is 3.10. The van der Waals surface area contributed by atoms with Gasteiger partial charge in [-0.3, -0.25) is 14.4 Å². The third-order valence-corrected chi connectivity index (χ3v) is 5.26. The van der Waals surface area contributed by atoms with Crippen molar-refractivity contribution in [1.82, 2.24) is 0 Å². The van der Waals surface area contributed by atoms with Crippen LogP contribution in [0.25, 0.3) is 0 Å². The Morgan fingerprint density at radius 3 is 2.63 bits per heavy atom. The molecule has 0 unspecified atom stereocenters. The van der Waals surface area contributed by atoms with Crippen molar-refractivity contribution in [1.29, 1.82) is 0 Å². The number of aryl methyl sites for hydroxylation is 2. The molecule has 1 aliphatic rings. The van der Waals surface area contributed by atoms with E-state index in [1.807, 2.05) is 26.0 Å². The SMILES string of the molecule is COc1ccc(Cl)cc1N1C[C@H](C(=O)OCC(=O)Nc2ccc(C)c(C)c2)CC1=O. The number of amides is 2. The molecule has 0 aromatic heterocycles. The summed E-state index contributed by atoms with van der Waals surface area (Å²) < 4.78 is 10.4. The Morgan fingerprint density at radius 2 is 1.93 bits per heavy atom. The second kappa shape index (κ2) is 9.17. The van der Waals surface area contributed by atoms with E-state index in [-0.39, 0.29) is 18.9 Å². The number of carbonyl (C=O) groups excluding carboxylic acids is 3. The van der Waals surface area contributed by atoms with Gasteiger partial charge in [-0.05, 0) is 55.3 Å². The molecule has 1 saturated heterocycles. The lowest BCUT2D eigenvalue weighted by atomic mass is 10.1.